The van der Waals surface area contributed by atoms with Gasteiger partial charge in [0.25, 0.3) is 5.91 Å². The van der Waals surface area contributed by atoms with Crippen molar-refractivity contribution in [3.63, 3.8) is 0 Å². The van der Waals surface area contributed by atoms with Crippen molar-refractivity contribution in [2.24, 2.45) is 0 Å². The maximum absolute atomic E-state index is 12.2. The molecule has 0 radical (unpaired) electrons. The fraction of sp³-hybridized carbons (Fsp3) is 0.235. The summed E-state index contributed by atoms with van der Waals surface area (Å²) >= 11 is 5.80. The molecule has 2 rings (SSSR count). The van der Waals surface area contributed by atoms with E-state index in [0.717, 1.165) is 11.1 Å². The molecule has 0 fully saturated rings. The highest BCUT2D eigenvalue weighted by Gasteiger charge is 2.14. The Morgan fingerprint density at radius 3 is 2.50 bits per heavy atom. The molecule has 0 spiro atoms. The number of rotatable bonds is 6. The summed E-state index contributed by atoms with van der Waals surface area (Å²) in [7, 11) is -3.65. The van der Waals surface area contributed by atoms with Crippen LogP contribution < -0.4 is 10.0 Å². The normalized spacial score (nSPS) is 11.3. The Bertz CT molecular complexity index is 851. The minimum Gasteiger partial charge on any atom is -0.351 e. The van der Waals surface area contributed by atoms with Crippen molar-refractivity contribution in [1.29, 1.82) is 0 Å². The second-order valence-electron chi connectivity index (χ2n) is 5.36. The second-order valence-corrected chi connectivity index (χ2v) is 7.56. The number of hydrogen-bond donors (Lipinski definition) is 2. The Balaban J connectivity index is 1.91. The molecule has 7 heteroatoms. The fourth-order valence-corrected chi connectivity index (χ4v) is 3.50. The van der Waals surface area contributed by atoms with E-state index in [2.05, 4.69) is 10.0 Å². The summed E-state index contributed by atoms with van der Waals surface area (Å²) in [4.78, 5) is 12.2. The first-order valence-corrected chi connectivity index (χ1v) is 9.27. The first kappa shape index (κ1) is 18.4. The van der Waals surface area contributed by atoms with E-state index in [0.29, 0.717) is 10.6 Å². The van der Waals surface area contributed by atoms with Crippen molar-refractivity contribution in [2.75, 3.05) is 13.1 Å². The van der Waals surface area contributed by atoms with Gasteiger partial charge in [-0.3, -0.25) is 4.79 Å². The summed E-state index contributed by atoms with van der Waals surface area (Å²) in [6.45, 7) is 4.09. The van der Waals surface area contributed by atoms with Gasteiger partial charge in [0.15, 0.2) is 0 Å². The van der Waals surface area contributed by atoms with Crippen LogP contribution in [0.2, 0.25) is 5.02 Å². The van der Waals surface area contributed by atoms with Crippen LogP contribution in [0.5, 0.6) is 0 Å². The van der Waals surface area contributed by atoms with Crippen LogP contribution in [0.15, 0.2) is 47.4 Å². The third kappa shape index (κ3) is 4.56. The fourth-order valence-electron chi connectivity index (χ4n) is 2.17. The molecule has 0 aliphatic rings. The maximum atomic E-state index is 12.2. The van der Waals surface area contributed by atoms with Crippen LogP contribution in [0.25, 0.3) is 0 Å². The number of hydrogen-bond acceptors (Lipinski definition) is 3. The lowest BCUT2D eigenvalue weighted by Gasteiger charge is -2.10. The second kappa shape index (κ2) is 7.79. The zero-order chi connectivity index (χ0) is 17.7. The molecule has 0 heterocycles. The summed E-state index contributed by atoms with van der Waals surface area (Å²) in [5.41, 5.74) is 2.53. The summed E-state index contributed by atoms with van der Waals surface area (Å²) in [5.74, 6) is -0.224. The van der Waals surface area contributed by atoms with Crippen molar-refractivity contribution < 1.29 is 13.2 Å². The number of halogens is 1. The monoisotopic (exact) mass is 366 g/mol. The van der Waals surface area contributed by atoms with E-state index in [1.54, 1.807) is 18.2 Å². The average molecular weight is 367 g/mol. The Labute approximate surface area is 147 Å². The zero-order valence-electron chi connectivity index (χ0n) is 13.5. The van der Waals surface area contributed by atoms with Crippen LogP contribution in [0.3, 0.4) is 0 Å². The standard InChI is InChI=1S/C17H19ClN2O3S/c1-12-5-3-8-16(13(12)2)17(21)19-9-10-20-24(22,23)15-7-4-6-14(18)11-15/h3-8,11,20H,9-10H2,1-2H3,(H,19,21). The quantitative estimate of drug-likeness (QED) is 0.772. The largest absolute Gasteiger partial charge is 0.351 e. The van der Waals surface area contributed by atoms with Gasteiger partial charge in [0.1, 0.15) is 0 Å². The Morgan fingerprint density at radius 2 is 1.79 bits per heavy atom. The van der Waals surface area contributed by atoms with E-state index in [9.17, 15) is 13.2 Å². The molecule has 1 amide bonds. The van der Waals surface area contributed by atoms with E-state index in [4.69, 9.17) is 11.6 Å². The summed E-state index contributed by atoms with van der Waals surface area (Å²) < 4.78 is 26.7. The Hall–Kier alpha value is -1.89. The van der Waals surface area contributed by atoms with Gasteiger partial charge in [-0.2, -0.15) is 0 Å². The third-order valence-corrected chi connectivity index (χ3v) is 5.35. The van der Waals surface area contributed by atoms with Crippen LogP contribution >= 0.6 is 11.6 Å². The van der Waals surface area contributed by atoms with E-state index in [1.807, 2.05) is 26.0 Å². The van der Waals surface area contributed by atoms with Gasteiger partial charge in [0.05, 0.1) is 4.90 Å². The first-order chi connectivity index (χ1) is 11.3. The van der Waals surface area contributed by atoms with Crippen molar-refractivity contribution >= 4 is 27.5 Å². The minimum absolute atomic E-state index is 0.0887. The molecule has 128 valence electrons. The number of carbonyl (C=O) groups is 1. The molecule has 2 N–H and O–H groups in total. The van der Waals surface area contributed by atoms with Crippen LogP contribution in [-0.2, 0) is 10.0 Å². The molecule has 5 nitrogen and oxygen atoms in total. The molecular weight excluding hydrogens is 348 g/mol. The van der Waals surface area contributed by atoms with Gasteiger partial charge >= 0.3 is 0 Å². The predicted octanol–water partition coefficient (Wildman–Crippen LogP) is 2.67. The number of aryl methyl sites for hydroxylation is 1. The molecule has 0 atom stereocenters. The third-order valence-electron chi connectivity index (χ3n) is 3.66. The number of sulfonamides is 1. The molecule has 24 heavy (non-hydrogen) atoms. The van der Waals surface area contributed by atoms with Crippen molar-refractivity contribution in [3.8, 4) is 0 Å². The molecule has 0 bridgehead atoms. The van der Waals surface area contributed by atoms with E-state index in [-0.39, 0.29) is 23.9 Å². The van der Waals surface area contributed by atoms with Gasteiger partial charge in [-0.15, -0.1) is 0 Å². The van der Waals surface area contributed by atoms with Gasteiger partial charge in [0.2, 0.25) is 10.0 Å². The summed E-state index contributed by atoms with van der Waals surface area (Å²) in [6.07, 6.45) is 0. The molecule has 0 aliphatic heterocycles. The maximum Gasteiger partial charge on any atom is 0.251 e. The van der Waals surface area contributed by atoms with Crippen molar-refractivity contribution in [2.45, 2.75) is 18.7 Å². The lowest BCUT2D eigenvalue weighted by Crippen LogP contribution is -2.35. The van der Waals surface area contributed by atoms with Crippen LogP contribution in [0.1, 0.15) is 21.5 Å². The number of carbonyl (C=O) groups excluding carboxylic acids is 1. The van der Waals surface area contributed by atoms with Crippen molar-refractivity contribution in [3.05, 3.63) is 64.2 Å². The van der Waals surface area contributed by atoms with Gasteiger partial charge < -0.3 is 5.32 Å². The smallest absolute Gasteiger partial charge is 0.251 e. The Morgan fingerprint density at radius 1 is 1.08 bits per heavy atom. The van der Waals surface area contributed by atoms with E-state index in [1.165, 1.54) is 12.1 Å². The minimum atomic E-state index is -3.65. The molecule has 0 aromatic heterocycles. The van der Waals surface area contributed by atoms with Gasteiger partial charge in [-0.25, -0.2) is 13.1 Å². The average Bonchev–Trinajstić information content (AvgIpc) is 2.54. The van der Waals surface area contributed by atoms with Crippen LogP contribution in [-0.4, -0.2) is 27.4 Å². The summed E-state index contributed by atoms with van der Waals surface area (Å²) in [5, 5.41) is 3.06. The van der Waals surface area contributed by atoms with Crippen LogP contribution in [0, 0.1) is 13.8 Å². The molecule has 0 saturated heterocycles. The predicted molar refractivity (Wildman–Crippen MR) is 94.9 cm³/mol. The lowest BCUT2D eigenvalue weighted by molar-refractivity contribution is 0.0953. The lowest BCUT2D eigenvalue weighted by atomic mass is 10.0. The van der Waals surface area contributed by atoms with E-state index >= 15 is 0 Å². The molecule has 0 unspecified atom stereocenters. The highest BCUT2D eigenvalue weighted by atomic mass is 35.5. The Kier molecular flexibility index (Phi) is 5.99. The first-order valence-electron chi connectivity index (χ1n) is 7.41. The highest BCUT2D eigenvalue weighted by Crippen LogP contribution is 2.15. The molecule has 0 aliphatic carbocycles. The van der Waals surface area contributed by atoms with Gasteiger partial charge in [-0.1, -0.05) is 29.8 Å². The molecule has 2 aromatic rings. The molecule has 2 aromatic carbocycles. The summed E-state index contributed by atoms with van der Waals surface area (Å²) in [6, 6.07) is 11.5. The number of benzene rings is 2. The van der Waals surface area contributed by atoms with Crippen molar-refractivity contribution in [1.82, 2.24) is 10.0 Å². The number of amides is 1. The van der Waals surface area contributed by atoms with Gasteiger partial charge in [0, 0.05) is 23.7 Å². The molecule has 0 saturated carbocycles. The van der Waals surface area contributed by atoms with E-state index < -0.39 is 10.0 Å². The van der Waals surface area contributed by atoms with Gasteiger partial charge in [-0.05, 0) is 49.2 Å². The van der Waals surface area contributed by atoms with Crippen LogP contribution in [0.4, 0.5) is 0 Å². The topological polar surface area (TPSA) is 75.3 Å². The molecular formula is C17H19ClN2O3S. The SMILES string of the molecule is Cc1cccc(C(=O)NCCNS(=O)(=O)c2cccc(Cl)c2)c1C. The zero-order valence-corrected chi connectivity index (χ0v) is 15.0. The highest BCUT2D eigenvalue weighted by molar-refractivity contribution is 7.89. The number of nitrogens with one attached hydrogen (secondary N) is 2.